The Kier molecular flexibility index (Phi) is 4.92. The maximum absolute atomic E-state index is 12.7. The maximum Gasteiger partial charge on any atom is 0.328 e. The molecule has 4 rings (SSSR count). The number of nitrogens with one attached hydrogen (secondary N) is 2. The first kappa shape index (κ1) is 18.7. The fourth-order valence-electron chi connectivity index (χ4n) is 4.22. The van der Waals surface area contributed by atoms with E-state index in [1.807, 2.05) is 0 Å². The molecule has 0 saturated carbocycles. The van der Waals surface area contributed by atoms with Crippen molar-refractivity contribution in [2.24, 2.45) is 0 Å². The first-order chi connectivity index (χ1) is 13.4. The van der Waals surface area contributed by atoms with Crippen LogP contribution in [0.5, 0.6) is 0 Å². The summed E-state index contributed by atoms with van der Waals surface area (Å²) in [4.78, 5) is 40.2. The summed E-state index contributed by atoms with van der Waals surface area (Å²) >= 11 is 0. The lowest BCUT2D eigenvalue weighted by Crippen LogP contribution is -2.37. The number of H-pyrrole nitrogens is 2. The number of likely N-dealkylation sites (tertiary alicyclic amines) is 1. The van der Waals surface area contributed by atoms with Crippen LogP contribution in [-0.4, -0.2) is 54.9 Å². The first-order valence-electron chi connectivity index (χ1n) is 9.77. The summed E-state index contributed by atoms with van der Waals surface area (Å²) in [5.74, 6) is -0.0664. The van der Waals surface area contributed by atoms with E-state index in [0.29, 0.717) is 18.4 Å². The van der Waals surface area contributed by atoms with Gasteiger partial charge >= 0.3 is 5.69 Å². The Labute approximate surface area is 161 Å². The van der Waals surface area contributed by atoms with Gasteiger partial charge in [0, 0.05) is 43.4 Å². The first-order valence-corrected chi connectivity index (χ1v) is 9.77. The molecular weight excluding hydrogens is 362 g/mol. The molecule has 9 nitrogen and oxygen atoms in total. The molecule has 1 fully saturated rings. The SMILES string of the molecule is Cc1cn([C@@H]2CN(C(=O)CCc3n[nH]c4c3CCCC4)C[C@H]2O)c(=O)[nH]c1=O. The second-order valence-corrected chi connectivity index (χ2v) is 7.75. The average Bonchev–Trinajstić information content (AvgIpc) is 3.26. The van der Waals surface area contributed by atoms with Crippen molar-refractivity contribution in [1.29, 1.82) is 0 Å². The molecule has 150 valence electrons. The summed E-state index contributed by atoms with van der Waals surface area (Å²) in [5, 5.41) is 17.9. The van der Waals surface area contributed by atoms with Gasteiger partial charge in [-0.15, -0.1) is 0 Å². The molecule has 2 aromatic rings. The monoisotopic (exact) mass is 387 g/mol. The van der Waals surface area contributed by atoms with E-state index >= 15 is 0 Å². The molecule has 2 aliphatic rings. The smallest absolute Gasteiger partial charge is 0.328 e. The van der Waals surface area contributed by atoms with E-state index < -0.39 is 23.4 Å². The minimum Gasteiger partial charge on any atom is -0.389 e. The number of carbonyl (C=O) groups is 1. The third-order valence-electron chi connectivity index (χ3n) is 5.83. The van der Waals surface area contributed by atoms with Crippen LogP contribution in [0.4, 0.5) is 0 Å². The van der Waals surface area contributed by atoms with E-state index in [9.17, 15) is 19.5 Å². The van der Waals surface area contributed by atoms with Gasteiger partial charge in [0.1, 0.15) is 0 Å². The number of aromatic amines is 2. The molecular formula is C19H25N5O4. The van der Waals surface area contributed by atoms with Crippen molar-refractivity contribution in [3.63, 3.8) is 0 Å². The van der Waals surface area contributed by atoms with Gasteiger partial charge < -0.3 is 10.0 Å². The Balaban J connectivity index is 1.42. The molecule has 1 amide bonds. The van der Waals surface area contributed by atoms with Crippen molar-refractivity contribution in [2.45, 2.75) is 57.6 Å². The lowest BCUT2D eigenvalue weighted by Gasteiger charge is -2.18. The van der Waals surface area contributed by atoms with Gasteiger partial charge in [-0.05, 0) is 38.2 Å². The van der Waals surface area contributed by atoms with Crippen LogP contribution in [0, 0.1) is 6.92 Å². The number of carbonyl (C=O) groups excluding carboxylic acids is 1. The fourth-order valence-corrected chi connectivity index (χ4v) is 4.22. The Morgan fingerprint density at radius 1 is 1.29 bits per heavy atom. The normalized spacial score (nSPS) is 21.7. The minimum atomic E-state index is -0.856. The highest BCUT2D eigenvalue weighted by Gasteiger charge is 2.35. The zero-order valence-electron chi connectivity index (χ0n) is 15.9. The van der Waals surface area contributed by atoms with Gasteiger partial charge in [0.15, 0.2) is 0 Å². The van der Waals surface area contributed by atoms with Gasteiger partial charge in [0.25, 0.3) is 5.56 Å². The molecule has 28 heavy (non-hydrogen) atoms. The summed E-state index contributed by atoms with van der Waals surface area (Å²) in [6.45, 7) is 2.01. The zero-order chi connectivity index (χ0) is 19.8. The average molecular weight is 387 g/mol. The Bertz CT molecular complexity index is 1000. The molecule has 0 spiro atoms. The summed E-state index contributed by atoms with van der Waals surface area (Å²) < 4.78 is 1.32. The third-order valence-corrected chi connectivity index (χ3v) is 5.83. The second kappa shape index (κ2) is 7.38. The van der Waals surface area contributed by atoms with Crippen LogP contribution in [0.2, 0.25) is 0 Å². The Morgan fingerprint density at radius 3 is 2.89 bits per heavy atom. The number of aromatic nitrogens is 4. The quantitative estimate of drug-likeness (QED) is 0.672. The number of aliphatic hydroxyl groups excluding tert-OH is 1. The number of fused-ring (bicyclic) bond motifs is 1. The molecule has 3 N–H and O–H groups in total. The number of hydrogen-bond acceptors (Lipinski definition) is 5. The predicted molar refractivity (Wildman–Crippen MR) is 101 cm³/mol. The maximum atomic E-state index is 12.7. The molecule has 1 aliphatic heterocycles. The topological polar surface area (TPSA) is 124 Å². The number of nitrogens with zero attached hydrogens (tertiary/aromatic N) is 3. The van der Waals surface area contributed by atoms with Gasteiger partial charge in [-0.1, -0.05) is 0 Å². The number of aliphatic hydroxyl groups is 1. The number of hydrogen-bond donors (Lipinski definition) is 3. The van der Waals surface area contributed by atoms with Gasteiger partial charge in [-0.2, -0.15) is 5.10 Å². The van der Waals surface area contributed by atoms with Gasteiger partial charge in [-0.25, -0.2) is 4.79 Å². The molecule has 1 aliphatic carbocycles. The standard InChI is InChI=1S/C19H25N5O4/c1-11-8-24(19(28)20-18(11)27)15-9-23(10-16(15)25)17(26)7-6-14-12-4-2-3-5-13(12)21-22-14/h8,15-16,25H,2-7,9-10H2,1H3,(H,21,22)(H,20,27,28)/t15-,16-/m1/s1. The number of β-amino-alcohol motifs (C(OH)–C–C–N with tert-alkyl or cyclic N) is 1. The Morgan fingerprint density at radius 2 is 2.07 bits per heavy atom. The fraction of sp³-hybridized carbons (Fsp3) is 0.579. The number of aryl methyl sites for hydroxylation is 3. The second-order valence-electron chi connectivity index (χ2n) is 7.75. The number of rotatable bonds is 4. The van der Waals surface area contributed by atoms with Crippen molar-refractivity contribution >= 4 is 5.91 Å². The number of amides is 1. The molecule has 2 atom stereocenters. The van der Waals surface area contributed by atoms with E-state index in [1.54, 1.807) is 11.8 Å². The summed E-state index contributed by atoms with van der Waals surface area (Å²) in [7, 11) is 0. The summed E-state index contributed by atoms with van der Waals surface area (Å²) in [6, 6.07) is -0.565. The highest BCUT2D eigenvalue weighted by molar-refractivity contribution is 5.77. The van der Waals surface area contributed by atoms with Crippen molar-refractivity contribution in [1.82, 2.24) is 24.6 Å². The van der Waals surface area contributed by atoms with Gasteiger partial charge in [0.05, 0.1) is 17.8 Å². The van der Waals surface area contributed by atoms with Gasteiger partial charge in [0.2, 0.25) is 5.91 Å². The van der Waals surface area contributed by atoms with E-state index in [4.69, 9.17) is 0 Å². The van der Waals surface area contributed by atoms with E-state index in [1.165, 1.54) is 28.4 Å². The van der Waals surface area contributed by atoms with Crippen molar-refractivity contribution < 1.29 is 9.90 Å². The van der Waals surface area contributed by atoms with Crippen LogP contribution in [0.3, 0.4) is 0 Å². The lowest BCUT2D eigenvalue weighted by atomic mass is 9.94. The molecule has 0 unspecified atom stereocenters. The van der Waals surface area contributed by atoms with E-state index in [2.05, 4.69) is 15.2 Å². The predicted octanol–water partition coefficient (Wildman–Crippen LogP) is -0.176. The van der Waals surface area contributed by atoms with Crippen molar-refractivity contribution in [2.75, 3.05) is 13.1 Å². The van der Waals surface area contributed by atoms with Crippen molar-refractivity contribution in [3.8, 4) is 0 Å². The summed E-state index contributed by atoms with van der Waals surface area (Å²) in [6.07, 6.45) is 5.82. The van der Waals surface area contributed by atoms with Crippen molar-refractivity contribution in [3.05, 3.63) is 49.5 Å². The molecule has 0 radical (unpaired) electrons. The lowest BCUT2D eigenvalue weighted by molar-refractivity contribution is -0.130. The summed E-state index contributed by atoms with van der Waals surface area (Å²) in [5.41, 5.74) is 2.79. The van der Waals surface area contributed by atoms with Gasteiger partial charge in [-0.3, -0.25) is 24.2 Å². The largest absolute Gasteiger partial charge is 0.389 e. The van der Waals surface area contributed by atoms with E-state index in [-0.39, 0.29) is 19.0 Å². The Hall–Kier alpha value is -2.68. The molecule has 3 heterocycles. The minimum absolute atomic E-state index is 0.0664. The molecule has 2 aromatic heterocycles. The molecule has 0 aromatic carbocycles. The zero-order valence-corrected chi connectivity index (χ0v) is 15.9. The highest BCUT2D eigenvalue weighted by Crippen LogP contribution is 2.25. The molecule has 9 heteroatoms. The van der Waals surface area contributed by atoms with Crippen LogP contribution in [0.1, 0.15) is 47.8 Å². The van der Waals surface area contributed by atoms with E-state index in [0.717, 1.165) is 25.0 Å². The molecule has 1 saturated heterocycles. The third kappa shape index (κ3) is 3.42. The van der Waals surface area contributed by atoms with Crippen LogP contribution in [0.15, 0.2) is 15.8 Å². The van der Waals surface area contributed by atoms with Crippen LogP contribution < -0.4 is 11.2 Å². The highest BCUT2D eigenvalue weighted by atomic mass is 16.3. The molecule has 0 bridgehead atoms. The van der Waals surface area contributed by atoms with Crippen LogP contribution >= 0.6 is 0 Å². The van der Waals surface area contributed by atoms with Crippen LogP contribution in [0.25, 0.3) is 0 Å². The van der Waals surface area contributed by atoms with Crippen LogP contribution in [-0.2, 0) is 24.1 Å².